The van der Waals surface area contributed by atoms with Crippen LogP contribution in [0.25, 0.3) is 0 Å². The maximum absolute atomic E-state index is 13.2. The molecule has 0 saturated carbocycles. The molecule has 1 aromatic carbocycles. The van der Waals surface area contributed by atoms with Gasteiger partial charge in [-0.25, -0.2) is 8.78 Å². The molecule has 128 valence electrons. The lowest BCUT2D eigenvalue weighted by atomic mass is 10.1. The molecule has 0 fully saturated rings. The van der Waals surface area contributed by atoms with Crippen LogP contribution in [0.15, 0.2) is 18.2 Å². The number of benzene rings is 1. The molecule has 0 aliphatic heterocycles. The Morgan fingerprint density at radius 1 is 1.13 bits per heavy atom. The van der Waals surface area contributed by atoms with E-state index in [0.717, 1.165) is 42.4 Å². The van der Waals surface area contributed by atoms with Crippen molar-refractivity contribution in [1.82, 2.24) is 4.90 Å². The molecule has 0 aliphatic rings. The standard InChI is InChI=1S/C17H24F2N2O2/c1-3-4-5-6-7-21(17(23)12(2)20)16(22)10-13-8-14(18)11-15(19)9-13/h8-9,11-12H,3-7,10,20H2,1-2H3/t12-/m0/s1. The van der Waals surface area contributed by atoms with Crippen LogP contribution in [0.1, 0.15) is 45.1 Å². The van der Waals surface area contributed by atoms with Crippen molar-refractivity contribution in [3.8, 4) is 0 Å². The number of nitrogens with two attached hydrogens (primary N) is 1. The molecule has 6 heteroatoms. The predicted molar refractivity (Wildman–Crippen MR) is 84.6 cm³/mol. The molecule has 1 rings (SSSR count). The largest absolute Gasteiger partial charge is 0.320 e. The highest BCUT2D eigenvalue weighted by molar-refractivity contribution is 5.98. The predicted octanol–water partition coefficient (Wildman–Crippen LogP) is 2.79. The molecule has 0 heterocycles. The summed E-state index contributed by atoms with van der Waals surface area (Å²) in [5, 5.41) is 0. The number of rotatable bonds is 8. The first-order chi connectivity index (χ1) is 10.8. The molecule has 2 N–H and O–H groups in total. The van der Waals surface area contributed by atoms with Crippen LogP contribution in [0.5, 0.6) is 0 Å². The lowest BCUT2D eigenvalue weighted by Gasteiger charge is -2.23. The normalized spacial score (nSPS) is 12.0. The van der Waals surface area contributed by atoms with E-state index in [1.54, 1.807) is 0 Å². The summed E-state index contributed by atoms with van der Waals surface area (Å²) in [4.78, 5) is 25.6. The van der Waals surface area contributed by atoms with Gasteiger partial charge in [-0.3, -0.25) is 14.5 Å². The molecule has 23 heavy (non-hydrogen) atoms. The monoisotopic (exact) mass is 326 g/mol. The van der Waals surface area contributed by atoms with Crippen molar-refractivity contribution in [1.29, 1.82) is 0 Å². The Bertz CT molecular complexity index is 527. The van der Waals surface area contributed by atoms with Crippen molar-refractivity contribution in [2.45, 2.75) is 52.0 Å². The van der Waals surface area contributed by atoms with E-state index in [0.29, 0.717) is 6.42 Å². The Morgan fingerprint density at radius 2 is 1.74 bits per heavy atom. The van der Waals surface area contributed by atoms with Crippen LogP contribution >= 0.6 is 0 Å². The van der Waals surface area contributed by atoms with Crippen molar-refractivity contribution < 1.29 is 18.4 Å². The van der Waals surface area contributed by atoms with Gasteiger partial charge in [-0.2, -0.15) is 0 Å². The van der Waals surface area contributed by atoms with E-state index < -0.39 is 29.5 Å². The Kier molecular flexibility index (Phi) is 7.81. The highest BCUT2D eigenvalue weighted by Gasteiger charge is 2.24. The minimum Gasteiger partial charge on any atom is -0.320 e. The summed E-state index contributed by atoms with van der Waals surface area (Å²) < 4.78 is 26.4. The van der Waals surface area contributed by atoms with E-state index in [9.17, 15) is 18.4 Å². The molecular formula is C17H24F2N2O2. The van der Waals surface area contributed by atoms with Crippen molar-refractivity contribution in [3.63, 3.8) is 0 Å². The zero-order valence-corrected chi connectivity index (χ0v) is 13.6. The van der Waals surface area contributed by atoms with Crippen LogP contribution in [0.4, 0.5) is 8.78 Å². The Balaban J connectivity index is 2.79. The number of hydrogen-bond donors (Lipinski definition) is 1. The van der Waals surface area contributed by atoms with Gasteiger partial charge in [-0.1, -0.05) is 26.2 Å². The molecule has 0 aromatic heterocycles. The third-order valence-corrected chi connectivity index (χ3v) is 3.47. The second-order valence-electron chi connectivity index (χ2n) is 5.69. The van der Waals surface area contributed by atoms with Gasteiger partial charge in [0, 0.05) is 12.6 Å². The van der Waals surface area contributed by atoms with Gasteiger partial charge in [0.05, 0.1) is 12.5 Å². The van der Waals surface area contributed by atoms with E-state index in [2.05, 4.69) is 6.92 Å². The average molecular weight is 326 g/mol. The maximum Gasteiger partial charge on any atom is 0.245 e. The number of carbonyl (C=O) groups is 2. The molecule has 0 spiro atoms. The summed E-state index contributed by atoms with van der Waals surface area (Å²) in [6.07, 6.45) is 3.42. The lowest BCUT2D eigenvalue weighted by molar-refractivity contribution is -0.145. The van der Waals surface area contributed by atoms with Crippen molar-refractivity contribution in [3.05, 3.63) is 35.4 Å². The van der Waals surface area contributed by atoms with Crippen LogP contribution < -0.4 is 5.73 Å². The van der Waals surface area contributed by atoms with Gasteiger partial charge in [-0.15, -0.1) is 0 Å². The van der Waals surface area contributed by atoms with Gasteiger partial charge in [-0.05, 0) is 31.0 Å². The first-order valence-electron chi connectivity index (χ1n) is 7.90. The summed E-state index contributed by atoms with van der Waals surface area (Å²) in [7, 11) is 0. The number of imide groups is 1. The molecule has 1 aromatic rings. The summed E-state index contributed by atoms with van der Waals surface area (Å²) in [5.41, 5.74) is 5.78. The Hall–Kier alpha value is -1.82. The number of unbranched alkanes of at least 4 members (excludes halogenated alkanes) is 3. The molecule has 1 atom stereocenters. The minimum absolute atomic E-state index is 0.198. The van der Waals surface area contributed by atoms with Crippen molar-refractivity contribution in [2.24, 2.45) is 5.73 Å². The summed E-state index contributed by atoms with van der Waals surface area (Å²) in [5.74, 6) is -2.46. The third-order valence-electron chi connectivity index (χ3n) is 3.47. The molecule has 4 nitrogen and oxygen atoms in total. The molecule has 2 amide bonds. The molecule has 0 saturated heterocycles. The van der Waals surface area contributed by atoms with E-state index in [4.69, 9.17) is 5.73 Å². The van der Waals surface area contributed by atoms with Gasteiger partial charge < -0.3 is 5.73 Å². The quantitative estimate of drug-likeness (QED) is 0.747. The lowest BCUT2D eigenvalue weighted by Crippen LogP contribution is -2.46. The van der Waals surface area contributed by atoms with E-state index in [1.807, 2.05) is 0 Å². The Labute approximate surface area is 135 Å². The smallest absolute Gasteiger partial charge is 0.245 e. The first kappa shape index (κ1) is 19.2. The summed E-state index contributed by atoms with van der Waals surface area (Å²) in [6.45, 7) is 3.85. The van der Waals surface area contributed by atoms with Crippen LogP contribution in [-0.4, -0.2) is 29.3 Å². The van der Waals surface area contributed by atoms with Gasteiger partial charge >= 0.3 is 0 Å². The highest BCUT2D eigenvalue weighted by Crippen LogP contribution is 2.11. The van der Waals surface area contributed by atoms with E-state index >= 15 is 0 Å². The maximum atomic E-state index is 13.2. The molecule has 0 aliphatic carbocycles. The topological polar surface area (TPSA) is 63.4 Å². The first-order valence-corrected chi connectivity index (χ1v) is 7.90. The second-order valence-corrected chi connectivity index (χ2v) is 5.69. The van der Waals surface area contributed by atoms with Crippen LogP contribution in [0.2, 0.25) is 0 Å². The third kappa shape index (κ3) is 6.44. The van der Waals surface area contributed by atoms with E-state index in [1.165, 1.54) is 6.92 Å². The summed E-state index contributed by atoms with van der Waals surface area (Å²) >= 11 is 0. The van der Waals surface area contributed by atoms with Crippen molar-refractivity contribution >= 4 is 11.8 Å². The summed E-state index contributed by atoms with van der Waals surface area (Å²) in [6, 6.07) is 2.12. The van der Waals surface area contributed by atoms with Gasteiger partial charge in [0.25, 0.3) is 0 Å². The highest BCUT2D eigenvalue weighted by atomic mass is 19.1. The van der Waals surface area contributed by atoms with Crippen LogP contribution in [0, 0.1) is 11.6 Å². The van der Waals surface area contributed by atoms with Gasteiger partial charge in [0.2, 0.25) is 11.8 Å². The zero-order chi connectivity index (χ0) is 17.4. The number of nitrogens with zero attached hydrogens (tertiary/aromatic N) is 1. The number of amides is 2. The second kappa shape index (κ2) is 9.35. The Morgan fingerprint density at radius 3 is 2.26 bits per heavy atom. The fraction of sp³-hybridized carbons (Fsp3) is 0.529. The van der Waals surface area contributed by atoms with Crippen LogP contribution in [0.3, 0.4) is 0 Å². The van der Waals surface area contributed by atoms with Gasteiger partial charge in [0.1, 0.15) is 11.6 Å². The van der Waals surface area contributed by atoms with Crippen molar-refractivity contribution in [2.75, 3.05) is 6.54 Å². The fourth-order valence-electron chi connectivity index (χ4n) is 2.28. The van der Waals surface area contributed by atoms with Gasteiger partial charge in [0.15, 0.2) is 0 Å². The van der Waals surface area contributed by atoms with Crippen LogP contribution in [-0.2, 0) is 16.0 Å². The zero-order valence-electron chi connectivity index (χ0n) is 13.6. The SMILES string of the molecule is CCCCCCN(C(=O)Cc1cc(F)cc(F)c1)C(=O)[C@H](C)N. The average Bonchev–Trinajstić information content (AvgIpc) is 2.45. The number of hydrogen-bond acceptors (Lipinski definition) is 3. The minimum atomic E-state index is -0.797. The fourth-order valence-corrected chi connectivity index (χ4v) is 2.28. The molecule has 0 bridgehead atoms. The molecule has 0 unspecified atom stereocenters. The molecule has 0 radical (unpaired) electrons. The number of halogens is 2. The van der Waals surface area contributed by atoms with E-state index in [-0.39, 0.29) is 18.5 Å². The number of carbonyl (C=O) groups excluding carboxylic acids is 2. The molecular weight excluding hydrogens is 302 g/mol.